The van der Waals surface area contributed by atoms with Crippen molar-refractivity contribution in [2.24, 2.45) is 5.92 Å². The van der Waals surface area contributed by atoms with Gasteiger partial charge in [0.05, 0.1) is 0 Å². The van der Waals surface area contributed by atoms with Crippen molar-refractivity contribution in [1.29, 1.82) is 0 Å². The van der Waals surface area contributed by atoms with Gasteiger partial charge in [-0.2, -0.15) is 4.72 Å². The molecular weight excluding hydrogens is 355 g/mol. The third-order valence-corrected chi connectivity index (χ3v) is 5.32. The van der Waals surface area contributed by atoms with Gasteiger partial charge in [-0.25, -0.2) is 12.8 Å². The molecule has 2 rings (SSSR count). The van der Waals surface area contributed by atoms with Gasteiger partial charge < -0.3 is 5.32 Å². The molecule has 1 amide bonds. The third kappa shape index (κ3) is 4.89. The number of amides is 1. The second kappa shape index (κ2) is 7.97. The summed E-state index contributed by atoms with van der Waals surface area (Å²) in [5, 5.41) is 2.73. The van der Waals surface area contributed by atoms with Crippen LogP contribution in [0.25, 0.3) is 0 Å². The van der Waals surface area contributed by atoms with Crippen LogP contribution in [-0.4, -0.2) is 20.4 Å². The molecule has 0 aliphatic rings. The first-order valence-corrected chi connectivity index (χ1v) is 9.74. The Kier molecular flexibility index (Phi) is 6.15. The Hall–Kier alpha value is -2.25. The van der Waals surface area contributed by atoms with Crippen LogP contribution in [0.2, 0.25) is 0 Å². The number of hydrogen-bond acceptors (Lipinski definition) is 3. The van der Waals surface area contributed by atoms with E-state index < -0.39 is 32.7 Å². The number of hydrogen-bond donors (Lipinski definition) is 2. The van der Waals surface area contributed by atoms with E-state index in [-0.39, 0.29) is 5.92 Å². The predicted molar refractivity (Wildman–Crippen MR) is 99.9 cm³/mol. The van der Waals surface area contributed by atoms with Gasteiger partial charge in [-0.1, -0.05) is 32.0 Å². The van der Waals surface area contributed by atoms with Crippen LogP contribution in [0.3, 0.4) is 0 Å². The molecule has 5 nitrogen and oxygen atoms in total. The maximum atomic E-state index is 13.9. The quantitative estimate of drug-likeness (QED) is 0.809. The van der Waals surface area contributed by atoms with Crippen LogP contribution in [0.15, 0.2) is 47.4 Å². The summed E-state index contributed by atoms with van der Waals surface area (Å²) >= 11 is 0. The number of aryl methyl sites for hydroxylation is 2. The van der Waals surface area contributed by atoms with Gasteiger partial charge in [0, 0.05) is 5.69 Å². The standard InChI is InChI=1S/C19H23FN2O3S/c1-12(2)18(19(23)21-15-10-13(3)9-14(4)11-15)22-26(24,25)17-8-6-5-7-16(17)20/h5-12,18,22H,1-4H3,(H,21,23)/t18-/m0/s1. The lowest BCUT2D eigenvalue weighted by Gasteiger charge is -2.22. The molecule has 26 heavy (non-hydrogen) atoms. The highest BCUT2D eigenvalue weighted by Crippen LogP contribution is 2.18. The molecule has 0 aromatic heterocycles. The first kappa shape index (κ1) is 20.1. The molecule has 0 aliphatic heterocycles. The fourth-order valence-electron chi connectivity index (χ4n) is 2.65. The van der Waals surface area contributed by atoms with Gasteiger partial charge in [0.15, 0.2) is 0 Å². The van der Waals surface area contributed by atoms with Crippen molar-refractivity contribution in [2.45, 2.75) is 38.6 Å². The molecule has 0 radical (unpaired) electrons. The maximum Gasteiger partial charge on any atom is 0.244 e. The molecule has 1 atom stereocenters. The number of rotatable bonds is 6. The number of sulfonamides is 1. The molecule has 0 unspecified atom stereocenters. The fourth-order valence-corrected chi connectivity index (χ4v) is 4.08. The van der Waals surface area contributed by atoms with Gasteiger partial charge in [-0.05, 0) is 55.2 Å². The molecule has 0 saturated carbocycles. The molecule has 0 spiro atoms. The Morgan fingerprint density at radius 1 is 1.04 bits per heavy atom. The molecule has 140 valence electrons. The van der Waals surface area contributed by atoms with Crippen LogP contribution in [0, 0.1) is 25.6 Å². The average Bonchev–Trinajstić information content (AvgIpc) is 2.51. The summed E-state index contributed by atoms with van der Waals surface area (Å²) < 4.78 is 41.2. The second-order valence-electron chi connectivity index (χ2n) is 6.64. The lowest BCUT2D eigenvalue weighted by atomic mass is 10.0. The number of anilines is 1. The van der Waals surface area contributed by atoms with Crippen molar-refractivity contribution in [3.63, 3.8) is 0 Å². The van der Waals surface area contributed by atoms with Crippen molar-refractivity contribution >= 4 is 21.6 Å². The van der Waals surface area contributed by atoms with Crippen molar-refractivity contribution in [2.75, 3.05) is 5.32 Å². The summed E-state index contributed by atoms with van der Waals surface area (Å²) in [5.41, 5.74) is 2.55. The Balaban J connectivity index is 2.25. The zero-order chi connectivity index (χ0) is 19.5. The van der Waals surface area contributed by atoms with Gasteiger partial charge in [0.25, 0.3) is 0 Å². The lowest BCUT2D eigenvalue weighted by molar-refractivity contribution is -0.118. The summed E-state index contributed by atoms with van der Waals surface area (Å²) in [7, 11) is -4.17. The molecule has 0 aliphatic carbocycles. The molecule has 2 aromatic rings. The van der Waals surface area contributed by atoms with E-state index in [0.717, 1.165) is 23.3 Å². The van der Waals surface area contributed by atoms with Crippen LogP contribution < -0.4 is 10.0 Å². The van der Waals surface area contributed by atoms with Crippen molar-refractivity contribution in [3.8, 4) is 0 Å². The molecule has 0 fully saturated rings. The molecule has 7 heteroatoms. The number of nitrogens with one attached hydrogen (secondary N) is 2. The molecule has 0 saturated heterocycles. The minimum absolute atomic E-state index is 0.331. The zero-order valence-corrected chi connectivity index (χ0v) is 16.0. The van der Waals surface area contributed by atoms with Gasteiger partial charge in [0.1, 0.15) is 16.8 Å². The van der Waals surface area contributed by atoms with E-state index in [1.165, 1.54) is 12.1 Å². The maximum absolute atomic E-state index is 13.9. The van der Waals surface area contributed by atoms with Crippen molar-refractivity contribution in [3.05, 3.63) is 59.4 Å². The van der Waals surface area contributed by atoms with E-state index in [4.69, 9.17) is 0 Å². The van der Waals surface area contributed by atoms with E-state index in [1.807, 2.05) is 19.9 Å². The Morgan fingerprint density at radius 2 is 1.62 bits per heavy atom. The molecule has 0 heterocycles. The first-order valence-electron chi connectivity index (χ1n) is 8.26. The second-order valence-corrected chi connectivity index (χ2v) is 8.32. The minimum Gasteiger partial charge on any atom is -0.325 e. The van der Waals surface area contributed by atoms with E-state index in [2.05, 4.69) is 10.0 Å². The van der Waals surface area contributed by atoms with Crippen LogP contribution in [0.4, 0.5) is 10.1 Å². The highest BCUT2D eigenvalue weighted by Gasteiger charge is 2.29. The molecule has 0 bridgehead atoms. The van der Waals surface area contributed by atoms with Crippen LogP contribution in [0.1, 0.15) is 25.0 Å². The Morgan fingerprint density at radius 3 is 2.15 bits per heavy atom. The van der Waals surface area contributed by atoms with E-state index in [1.54, 1.807) is 26.0 Å². The summed E-state index contributed by atoms with van der Waals surface area (Å²) in [6, 6.07) is 9.59. The topological polar surface area (TPSA) is 75.3 Å². The monoisotopic (exact) mass is 378 g/mol. The molecular formula is C19H23FN2O3S. The van der Waals surface area contributed by atoms with Gasteiger partial charge in [-0.15, -0.1) is 0 Å². The smallest absolute Gasteiger partial charge is 0.244 e. The number of carbonyl (C=O) groups excluding carboxylic acids is 1. The summed E-state index contributed by atoms with van der Waals surface area (Å²) in [6.07, 6.45) is 0. The number of benzene rings is 2. The average molecular weight is 378 g/mol. The zero-order valence-electron chi connectivity index (χ0n) is 15.2. The predicted octanol–water partition coefficient (Wildman–Crippen LogP) is 3.38. The minimum atomic E-state index is -4.17. The largest absolute Gasteiger partial charge is 0.325 e. The van der Waals surface area contributed by atoms with Crippen LogP contribution in [-0.2, 0) is 14.8 Å². The SMILES string of the molecule is Cc1cc(C)cc(NC(=O)[C@@H](NS(=O)(=O)c2ccccc2F)C(C)C)c1. The normalized spacial score (nSPS) is 12.8. The summed E-state index contributed by atoms with van der Waals surface area (Å²) in [6.45, 7) is 7.25. The Labute approximate surface area is 153 Å². The Bertz CT molecular complexity index is 891. The number of carbonyl (C=O) groups is 1. The van der Waals surface area contributed by atoms with E-state index in [9.17, 15) is 17.6 Å². The van der Waals surface area contributed by atoms with Gasteiger partial charge in [0.2, 0.25) is 15.9 Å². The third-order valence-electron chi connectivity index (χ3n) is 3.85. The fraction of sp³-hybridized carbons (Fsp3) is 0.316. The van der Waals surface area contributed by atoms with Crippen LogP contribution in [0.5, 0.6) is 0 Å². The highest BCUT2D eigenvalue weighted by molar-refractivity contribution is 7.89. The van der Waals surface area contributed by atoms with Crippen LogP contribution >= 0.6 is 0 Å². The van der Waals surface area contributed by atoms with E-state index in [0.29, 0.717) is 5.69 Å². The first-order chi connectivity index (χ1) is 12.1. The summed E-state index contributed by atoms with van der Waals surface area (Å²) in [5.74, 6) is -1.69. The van der Waals surface area contributed by atoms with Gasteiger partial charge in [-0.3, -0.25) is 4.79 Å². The van der Waals surface area contributed by atoms with Gasteiger partial charge >= 0.3 is 0 Å². The summed E-state index contributed by atoms with van der Waals surface area (Å²) in [4.78, 5) is 12.2. The van der Waals surface area contributed by atoms with Crippen molar-refractivity contribution in [1.82, 2.24) is 4.72 Å². The molecule has 2 N–H and O–H groups in total. The van der Waals surface area contributed by atoms with E-state index >= 15 is 0 Å². The lowest BCUT2D eigenvalue weighted by Crippen LogP contribution is -2.47. The number of halogens is 1. The molecule has 2 aromatic carbocycles. The highest BCUT2D eigenvalue weighted by atomic mass is 32.2. The van der Waals surface area contributed by atoms with Crippen molar-refractivity contribution < 1.29 is 17.6 Å².